The average Bonchev–Trinajstić information content (AvgIpc) is 2.26. The second-order valence-corrected chi connectivity index (χ2v) is 4.49. The van der Waals surface area contributed by atoms with E-state index in [1.807, 2.05) is 11.8 Å². The number of allylic oxidation sites excluding steroid dienone is 1. The molecule has 0 atom stereocenters. The first kappa shape index (κ1) is 12.1. The zero-order valence-corrected chi connectivity index (χ0v) is 9.78. The van der Waals surface area contributed by atoms with Gasteiger partial charge in [0.05, 0.1) is 7.11 Å². The van der Waals surface area contributed by atoms with E-state index in [1.54, 1.807) is 0 Å². The fourth-order valence-electron chi connectivity index (χ4n) is 1.43. The molecule has 1 saturated heterocycles. The third-order valence-corrected chi connectivity index (χ3v) is 3.13. The van der Waals surface area contributed by atoms with Crippen molar-refractivity contribution in [1.29, 1.82) is 0 Å². The third-order valence-electron chi connectivity index (χ3n) is 2.14. The minimum absolute atomic E-state index is 0.235. The molecule has 1 aliphatic heterocycles. The molecule has 84 valence electrons. The van der Waals surface area contributed by atoms with E-state index in [2.05, 4.69) is 10.1 Å². The lowest BCUT2D eigenvalue weighted by atomic mass is 10.1. The van der Waals surface area contributed by atoms with E-state index < -0.39 is 5.97 Å². The van der Waals surface area contributed by atoms with Crippen molar-refractivity contribution >= 4 is 23.6 Å². The molecule has 0 aliphatic carbocycles. The highest BCUT2D eigenvalue weighted by molar-refractivity contribution is 7.99. The van der Waals surface area contributed by atoms with Crippen LogP contribution in [0.2, 0.25) is 0 Å². The van der Waals surface area contributed by atoms with Gasteiger partial charge in [-0.25, -0.2) is 4.79 Å². The van der Waals surface area contributed by atoms with Crippen LogP contribution < -0.4 is 5.32 Å². The second kappa shape index (κ2) is 5.80. The molecule has 0 unspecified atom stereocenters. The van der Waals surface area contributed by atoms with Gasteiger partial charge in [0.15, 0.2) is 0 Å². The number of esters is 1. The Morgan fingerprint density at radius 3 is 2.40 bits per heavy atom. The summed E-state index contributed by atoms with van der Waals surface area (Å²) in [7, 11) is 1.32. The molecule has 0 bridgehead atoms. The molecule has 5 heteroatoms. The number of carbonyl (C=O) groups excluding carboxylic acids is 2. The summed E-state index contributed by atoms with van der Waals surface area (Å²) in [6, 6.07) is 0. The van der Waals surface area contributed by atoms with E-state index in [9.17, 15) is 9.59 Å². The lowest BCUT2D eigenvalue weighted by molar-refractivity contribution is -0.137. The summed E-state index contributed by atoms with van der Waals surface area (Å²) in [5.74, 6) is 1.30. The van der Waals surface area contributed by atoms with Crippen molar-refractivity contribution in [2.75, 3.05) is 18.6 Å². The summed E-state index contributed by atoms with van der Waals surface area (Å²) in [6.45, 7) is 1.39. The molecule has 1 fully saturated rings. The number of amides is 1. The fourth-order valence-corrected chi connectivity index (χ4v) is 2.42. The highest BCUT2D eigenvalue weighted by atomic mass is 32.2. The van der Waals surface area contributed by atoms with Gasteiger partial charge in [-0.15, -0.1) is 0 Å². The van der Waals surface area contributed by atoms with Crippen LogP contribution in [-0.2, 0) is 14.3 Å². The Morgan fingerprint density at radius 2 is 1.93 bits per heavy atom. The van der Waals surface area contributed by atoms with Crippen LogP contribution in [0.1, 0.15) is 19.8 Å². The molecule has 15 heavy (non-hydrogen) atoms. The minimum atomic E-state index is -0.452. The molecule has 0 aromatic heterocycles. The van der Waals surface area contributed by atoms with Crippen molar-refractivity contribution < 1.29 is 14.3 Å². The van der Waals surface area contributed by atoms with Crippen LogP contribution in [0.3, 0.4) is 0 Å². The Bertz CT molecular complexity index is 291. The van der Waals surface area contributed by atoms with Gasteiger partial charge in [-0.2, -0.15) is 11.8 Å². The predicted molar refractivity (Wildman–Crippen MR) is 59.4 cm³/mol. The van der Waals surface area contributed by atoms with Gasteiger partial charge in [-0.05, 0) is 29.9 Å². The van der Waals surface area contributed by atoms with Gasteiger partial charge in [0.1, 0.15) is 5.70 Å². The molecule has 1 heterocycles. The highest BCUT2D eigenvalue weighted by Crippen LogP contribution is 2.24. The van der Waals surface area contributed by atoms with Crippen LogP contribution in [-0.4, -0.2) is 30.5 Å². The van der Waals surface area contributed by atoms with Crippen molar-refractivity contribution in [3.8, 4) is 0 Å². The summed E-state index contributed by atoms with van der Waals surface area (Å²) in [5.41, 5.74) is 1.33. The SMILES string of the molecule is COC(=O)C(NC(C)=O)=C1CCSCC1. The number of rotatable bonds is 2. The van der Waals surface area contributed by atoms with Gasteiger partial charge in [0, 0.05) is 6.92 Å². The lowest BCUT2D eigenvalue weighted by Gasteiger charge is -2.17. The predicted octanol–water partition coefficient (Wildman–Crippen LogP) is 1.08. The van der Waals surface area contributed by atoms with E-state index >= 15 is 0 Å². The number of hydrogen-bond donors (Lipinski definition) is 1. The van der Waals surface area contributed by atoms with Gasteiger partial charge in [-0.1, -0.05) is 0 Å². The molecule has 1 N–H and O–H groups in total. The van der Waals surface area contributed by atoms with Crippen LogP contribution >= 0.6 is 11.8 Å². The summed E-state index contributed by atoms with van der Waals surface area (Å²) in [5, 5.41) is 2.56. The van der Waals surface area contributed by atoms with E-state index in [4.69, 9.17) is 0 Å². The van der Waals surface area contributed by atoms with Gasteiger partial charge >= 0.3 is 5.97 Å². The maximum atomic E-state index is 11.4. The first-order valence-electron chi connectivity index (χ1n) is 4.81. The topological polar surface area (TPSA) is 55.4 Å². The van der Waals surface area contributed by atoms with Gasteiger partial charge in [0.25, 0.3) is 0 Å². The molecular weight excluding hydrogens is 214 g/mol. The van der Waals surface area contributed by atoms with Gasteiger partial charge < -0.3 is 10.1 Å². The fraction of sp³-hybridized carbons (Fsp3) is 0.600. The number of ether oxygens (including phenoxy) is 1. The van der Waals surface area contributed by atoms with Crippen LogP contribution in [0, 0.1) is 0 Å². The van der Waals surface area contributed by atoms with E-state index in [0.29, 0.717) is 5.70 Å². The molecule has 0 aromatic carbocycles. The molecule has 1 amide bonds. The molecule has 0 aromatic rings. The summed E-state index contributed by atoms with van der Waals surface area (Å²) in [4.78, 5) is 22.4. The number of thioether (sulfide) groups is 1. The minimum Gasteiger partial charge on any atom is -0.464 e. The van der Waals surface area contributed by atoms with Crippen LogP contribution in [0.4, 0.5) is 0 Å². The number of methoxy groups -OCH3 is 1. The van der Waals surface area contributed by atoms with Crippen molar-refractivity contribution in [1.82, 2.24) is 5.32 Å². The highest BCUT2D eigenvalue weighted by Gasteiger charge is 2.19. The van der Waals surface area contributed by atoms with Crippen molar-refractivity contribution in [3.63, 3.8) is 0 Å². The standard InChI is InChI=1S/C10H15NO3S/c1-7(12)11-9(10(13)14-2)8-3-5-15-6-4-8/h3-6H2,1-2H3,(H,11,12). The second-order valence-electron chi connectivity index (χ2n) is 3.26. The van der Waals surface area contributed by atoms with Crippen molar-refractivity contribution in [2.45, 2.75) is 19.8 Å². The van der Waals surface area contributed by atoms with Crippen LogP contribution in [0.5, 0.6) is 0 Å². The van der Waals surface area contributed by atoms with Crippen molar-refractivity contribution in [2.24, 2.45) is 0 Å². The Labute approximate surface area is 93.4 Å². The summed E-state index contributed by atoms with van der Waals surface area (Å²) >= 11 is 1.86. The summed E-state index contributed by atoms with van der Waals surface area (Å²) in [6.07, 6.45) is 1.69. The number of nitrogens with one attached hydrogen (secondary N) is 1. The zero-order chi connectivity index (χ0) is 11.3. The molecule has 0 radical (unpaired) electrons. The molecule has 0 saturated carbocycles. The maximum absolute atomic E-state index is 11.4. The van der Waals surface area contributed by atoms with E-state index in [1.165, 1.54) is 14.0 Å². The average molecular weight is 229 g/mol. The molecule has 0 spiro atoms. The lowest BCUT2D eigenvalue weighted by Crippen LogP contribution is -2.28. The van der Waals surface area contributed by atoms with Gasteiger partial charge in [0.2, 0.25) is 5.91 Å². The van der Waals surface area contributed by atoms with Crippen LogP contribution in [0.15, 0.2) is 11.3 Å². The summed E-state index contributed by atoms with van der Waals surface area (Å²) < 4.78 is 4.65. The third kappa shape index (κ3) is 3.58. The Hall–Kier alpha value is -0.970. The zero-order valence-electron chi connectivity index (χ0n) is 8.96. The Morgan fingerprint density at radius 1 is 1.33 bits per heavy atom. The smallest absolute Gasteiger partial charge is 0.354 e. The largest absolute Gasteiger partial charge is 0.464 e. The van der Waals surface area contributed by atoms with E-state index in [0.717, 1.165) is 29.9 Å². The number of hydrogen-bond acceptors (Lipinski definition) is 4. The quantitative estimate of drug-likeness (QED) is 0.568. The Balaban J connectivity index is 2.85. The normalized spacial score (nSPS) is 15.7. The van der Waals surface area contributed by atoms with Crippen molar-refractivity contribution in [3.05, 3.63) is 11.3 Å². The number of carbonyl (C=O) groups is 2. The molecule has 4 nitrogen and oxygen atoms in total. The Kier molecular flexibility index (Phi) is 4.68. The van der Waals surface area contributed by atoms with Gasteiger partial charge in [-0.3, -0.25) is 4.79 Å². The first-order chi connectivity index (χ1) is 7.15. The first-order valence-corrected chi connectivity index (χ1v) is 5.96. The maximum Gasteiger partial charge on any atom is 0.354 e. The van der Waals surface area contributed by atoms with E-state index in [-0.39, 0.29) is 5.91 Å². The molecule has 1 rings (SSSR count). The monoisotopic (exact) mass is 229 g/mol. The molecule has 1 aliphatic rings. The van der Waals surface area contributed by atoms with Crippen LogP contribution in [0.25, 0.3) is 0 Å². The molecular formula is C10H15NO3S.